The summed E-state index contributed by atoms with van der Waals surface area (Å²) in [6.45, 7) is -0.496. The Hall–Kier alpha value is -2.20. The maximum Gasteiger partial charge on any atom is 0.382 e. The van der Waals surface area contributed by atoms with Gasteiger partial charge in [0.25, 0.3) is 5.69 Å². The molecule has 0 atom stereocenters. The number of rotatable bonds is 3. The second-order valence-electron chi connectivity index (χ2n) is 2.77. The summed E-state index contributed by atoms with van der Waals surface area (Å²) < 4.78 is 0. The number of nitrogens with zero attached hydrogens (tertiary/aromatic N) is 3. The summed E-state index contributed by atoms with van der Waals surface area (Å²) >= 11 is 5.64. The summed E-state index contributed by atoms with van der Waals surface area (Å²) in [5, 5.41) is 21.2. The number of hydrogen-bond acceptors (Lipinski definition) is 4. The van der Waals surface area contributed by atoms with Gasteiger partial charge in [-0.3, -0.25) is 14.9 Å². The third-order valence-corrected chi connectivity index (χ3v) is 1.88. The van der Waals surface area contributed by atoms with Gasteiger partial charge >= 0.3 is 12.5 Å². The zero-order valence-electron chi connectivity index (χ0n) is 7.88. The van der Waals surface area contributed by atoms with Crippen LogP contribution in [0.2, 0.25) is 5.02 Å². The van der Waals surface area contributed by atoms with Crippen LogP contribution in [0.1, 0.15) is 0 Å². The fourth-order valence-electron chi connectivity index (χ4n) is 1.02. The zero-order valence-corrected chi connectivity index (χ0v) is 8.64. The maximum atomic E-state index is 11.1. The Balaban J connectivity index is 3.02. The number of nitrogens with one attached hydrogen (secondary N) is 1. The van der Waals surface area contributed by atoms with E-state index < -0.39 is 17.4 Å². The van der Waals surface area contributed by atoms with Crippen LogP contribution in [0.5, 0.6) is 0 Å². The quantitative estimate of drug-likeness (QED) is 0.497. The molecular formula is C8H6ClN4O3+. The van der Waals surface area contributed by atoms with E-state index in [-0.39, 0.29) is 16.4 Å². The number of amides is 1. The molecule has 1 N–H and O–H groups in total. The molecule has 1 aromatic carbocycles. The molecule has 0 heterocycles. The zero-order chi connectivity index (χ0) is 12.1. The first-order valence-electron chi connectivity index (χ1n) is 4.09. The number of nitro groups is 1. The summed E-state index contributed by atoms with van der Waals surface area (Å²) in [4.78, 5) is 23.6. The van der Waals surface area contributed by atoms with Gasteiger partial charge in [-0.25, -0.2) is 0 Å². The summed E-state index contributed by atoms with van der Waals surface area (Å²) in [6.07, 6.45) is 0. The number of halogens is 1. The predicted molar refractivity (Wildman–Crippen MR) is 56.7 cm³/mol. The molecule has 1 rings (SSSR count). The van der Waals surface area contributed by atoms with Gasteiger partial charge < -0.3 is 5.32 Å². The van der Waals surface area contributed by atoms with Crippen LogP contribution in [0.3, 0.4) is 0 Å². The van der Waals surface area contributed by atoms with Crippen LogP contribution in [-0.4, -0.2) is 17.4 Å². The minimum atomic E-state index is -0.673. The molecule has 0 saturated heterocycles. The lowest BCUT2D eigenvalue weighted by Gasteiger charge is -2.02. The Morgan fingerprint density at radius 2 is 2.31 bits per heavy atom. The van der Waals surface area contributed by atoms with Gasteiger partial charge in [-0.2, -0.15) is 0 Å². The topological polar surface area (TPSA) is 100 Å². The van der Waals surface area contributed by atoms with Gasteiger partial charge in [-0.1, -0.05) is 11.6 Å². The van der Waals surface area contributed by atoms with Crippen LogP contribution in [0.25, 0.3) is 4.98 Å². The van der Waals surface area contributed by atoms with Crippen LogP contribution in [0.4, 0.5) is 11.4 Å². The first kappa shape index (κ1) is 11.9. The average molecular weight is 242 g/mol. The first-order chi connectivity index (χ1) is 7.54. The van der Waals surface area contributed by atoms with Crippen molar-refractivity contribution in [3.05, 3.63) is 38.3 Å². The number of hydrogen-bond donors (Lipinski definition) is 1. The van der Waals surface area contributed by atoms with Crippen molar-refractivity contribution in [2.45, 2.75) is 0 Å². The van der Waals surface area contributed by atoms with Crippen molar-refractivity contribution >= 4 is 28.9 Å². The Kier molecular flexibility index (Phi) is 3.74. The van der Waals surface area contributed by atoms with E-state index in [0.717, 1.165) is 0 Å². The average Bonchev–Trinajstić information content (AvgIpc) is 2.17. The van der Waals surface area contributed by atoms with Crippen molar-refractivity contribution in [1.29, 1.82) is 5.39 Å². The van der Waals surface area contributed by atoms with E-state index in [1.807, 2.05) is 0 Å². The lowest BCUT2D eigenvalue weighted by atomic mass is 10.2. The highest BCUT2D eigenvalue weighted by molar-refractivity contribution is 6.31. The van der Waals surface area contributed by atoms with Crippen LogP contribution < -0.4 is 5.32 Å². The second kappa shape index (κ2) is 5.04. The monoisotopic (exact) mass is 241 g/mol. The van der Waals surface area contributed by atoms with E-state index >= 15 is 0 Å². The molecule has 0 bridgehead atoms. The van der Waals surface area contributed by atoms with E-state index in [9.17, 15) is 14.9 Å². The van der Waals surface area contributed by atoms with Crippen LogP contribution in [0.15, 0.2) is 18.2 Å². The Bertz CT molecular complexity index is 483. The molecule has 8 heteroatoms. The third-order valence-electron chi connectivity index (χ3n) is 1.64. The summed E-state index contributed by atoms with van der Waals surface area (Å²) in [6, 6.07) is 3.76. The fourth-order valence-corrected chi connectivity index (χ4v) is 1.19. The first-order valence-corrected chi connectivity index (χ1v) is 4.47. The molecule has 1 aromatic rings. The van der Waals surface area contributed by atoms with Gasteiger partial charge in [0.05, 0.1) is 4.92 Å². The van der Waals surface area contributed by atoms with Gasteiger partial charge in [-0.15, -0.1) is 0 Å². The minimum absolute atomic E-state index is 0.0360. The molecule has 0 aromatic heterocycles. The van der Waals surface area contributed by atoms with Crippen molar-refractivity contribution in [3.63, 3.8) is 0 Å². The van der Waals surface area contributed by atoms with E-state index in [2.05, 4.69) is 10.3 Å². The second-order valence-corrected chi connectivity index (χ2v) is 3.20. The SMILES string of the molecule is N#[N+]CC(=O)Nc1cc(Cl)ccc1[N+](=O)[O-]. The van der Waals surface area contributed by atoms with Crippen molar-refractivity contribution < 1.29 is 9.72 Å². The van der Waals surface area contributed by atoms with Gasteiger partial charge in [0, 0.05) is 11.1 Å². The number of diazo groups is 1. The number of anilines is 1. The van der Waals surface area contributed by atoms with Crippen LogP contribution in [-0.2, 0) is 4.79 Å². The van der Waals surface area contributed by atoms with Crippen molar-refractivity contribution in [1.82, 2.24) is 0 Å². The summed E-state index contributed by atoms with van der Waals surface area (Å²) in [5.41, 5.74) is -0.318. The largest absolute Gasteiger partial charge is 0.382 e. The molecule has 0 saturated carbocycles. The molecule has 0 aliphatic rings. The normalized spacial score (nSPS) is 9.25. The number of carbonyl (C=O) groups excluding carboxylic acids is 1. The van der Waals surface area contributed by atoms with Crippen LogP contribution >= 0.6 is 11.6 Å². The van der Waals surface area contributed by atoms with E-state index in [0.29, 0.717) is 0 Å². The molecule has 0 aliphatic carbocycles. The Morgan fingerprint density at radius 3 is 2.88 bits per heavy atom. The maximum absolute atomic E-state index is 11.1. The highest BCUT2D eigenvalue weighted by Gasteiger charge is 2.18. The highest BCUT2D eigenvalue weighted by Crippen LogP contribution is 2.27. The lowest BCUT2D eigenvalue weighted by Crippen LogP contribution is -2.14. The molecule has 16 heavy (non-hydrogen) atoms. The van der Waals surface area contributed by atoms with E-state index in [1.54, 1.807) is 0 Å². The molecule has 0 aliphatic heterocycles. The molecule has 0 unspecified atom stereocenters. The van der Waals surface area contributed by atoms with Gasteiger partial charge in [0.15, 0.2) is 0 Å². The highest BCUT2D eigenvalue weighted by atomic mass is 35.5. The summed E-state index contributed by atoms with van der Waals surface area (Å²) in [5.74, 6) is -0.673. The van der Waals surface area contributed by atoms with Gasteiger partial charge in [0.1, 0.15) is 10.7 Å². The molecule has 0 spiro atoms. The molecule has 0 radical (unpaired) electrons. The molecule has 1 amide bonds. The predicted octanol–water partition coefficient (Wildman–Crippen LogP) is 2.04. The standard InChI is InChI=1S/C8H5ClN4O3/c9-5-1-2-7(13(15)16)6(3-5)12-8(14)4-11-10/h1-3H,4H2/p+1. The van der Waals surface area contributed by atoms with Crippen molar-refractivity contribution in [3.8, 4) is 0 Å². The molecule has 82 valence electrons. The third kappa shape index (κ3) is 2.90. The minimum Gasteiger partial charge on any atom is -0.314 e. The van der Waals surface area contributed by atoms with Crippen LogP contribution in [0, 0.1) is 15.5 Å². The molecular weight excluding hydrogens is 236 g/mol. The van der Waals surface area contributed by atoms with E-state index in [4.69, 9.17) is 17.0 Å². The van der Waals surface area contributed by atoms with Gasteiger partial charge in [-0.05, 0) is 12.1 Å². The smallest absolute Gasteiger partial charge is 0.314 e. The molecule has 0 fully saturated rings. The number of carbonyl (C=O) groups is 1. The molecule has 7 nitrogen and oxygen atoms in total. The summed E-state index contributed by atoms with van der Waals surface area (Å²) in [7, 11) is 0. The fraction of sp³-hybridized carbons (Fsp3) is 0.125. The number of benzene rings is 1. The van der Waals surface area contributed by atoms with E-state index in [1.165, 1.54) is 18.2 Å². The Morgan fingerprint density at radius 1 is 1.62 bits per heavy atom. The van der Waals surface area contributed by atoms with Gasteiger partial charge in [0.2, 0.25) is 5.39 Å². The number of nitro benzene ring substituents is 1. The van der Waals surface area contributed by atoms with Crippen molar-refractivity contribution in [2.75, 3.05) is 11.9 Å². The Labute approximate surface area is 94.8 Å². The lowest BCUT2D eigenvalue weighted by molar-refractivity contribution is -0.383. The van der Waals surface area contributed by atoms with Crippen molar-refractivity contribution in [2.24, 2.45) is 0 Å².